The van der Waals surface area contributed by atoms with Gasteiger partial charge in [-0.2, -0.15) is 0 Å². The maximum absolute atomic E-state index is 12.6. The minimum atomic E-state index is -1.90. The third-order valence-corrected chi connectivity index (χ3v) is 17.7. The number of ether oxygens (including phenoxy) is 1. The van der Waals surface area contributed by atoms with Gasteiger partial charge in [0.2, 0.25) is 0 Å². The summed E-state index contributed by atoms with van der Waals surface area (Å²) < 4.78 is 14.6. The molecule has 5 nitrogen and oxygen atoms in total. The molecule has 2 rings (SSSR count). The summed E-state index contributed by atoms with van der Waals surface area (Å²) in [5.41, 5.74) is 2.30. The first kappa shape index (κ1) is 32.1. The minimum Gasteiger partial charge on any atom is -0.492 e. The zero-order valence-electron chi connectivity index (χ0n) is 24.7. The van der Waals surface area contributed by atoms with Crippen LogP contribution in [0.5, 0.6) is 5.75 Å². The van der Waals surface area contributed by atoms with E-state index in [1.165, 1.54) is 0 Å². The van der Waals surface area contributed by atoms with E-state index < -0.39 is 16.6 Å². The number of hydrogen-bond donors (Lipinski definition) is 0. The molecule has 0 radical (unpaired) electrons. The molecular weight excluding hydrogens is 463 g/mol. The Balaban J connectivity index is 0.00000612. The van der Waals surface area contributed by atoms with Crippen molar-refractivity contribution in [2.45, 2.75) is 98.1 Å². The molecule has 2 aromatic rings. The van der Waals surface area contributed by atoms with Gasteiger partial charge in [0.05, 0.1) is 0 Å². The number of rotatable bonds is 8. The molecule has 0 N–H and O–H groups in total. The van der Waals surface area contributed by atoms with Gasteiger partial charge in [0.25, 0.3) is 0 Å². The fraction of sp³-hybridized carbons (Fsp3) is 0.667. The minimum absolute atomic E-state index is 0. The third-order valence-electron chi connectivity index (χ3n) is 8.02. The van der Waals surface area contributed by atoms with Gasteiger partial charge in [0.15, 0.2) is 8.32 Å². The van der Waals surface area contributed by atoms with Gasteiger partial charge in [-0.15, -0.1) is 28.7 Å². The van der Waals surface area contributed by atoms with E-state index >= 15 is 0 Å². The van der Waals surface area contributed by atoms with Crippen molar-refractivity contribution in [3.8, 4) is 5.75 Å². The van der Waals surface area contributed by atoms with E-state index in [-0.39, 0.29) is 35.0 Å². The molecule has 0 saturated carbocycles. The van der Waals surface area contributed by atoms with E-state index in [1.54, 1.807) is 4.90 Å². The average molecular weight is 511 g/mol. The standard InChI is InChI=1S/C27H47N2O3Si2.Li/c1-13-28(14-2)25(30)32-22-15-16-24-23(19-22)21(17-18-31-34(11,12)27(6,7)8)20-29(24)33(9,10)26(3,4)5;/h15-16,19H,13-14,17-18H2,1-12H3;/q-1;+1. The van der Waals surface area contributed by atoms with Crippen molar-refractivity contribution in [1.29, 1.82) is 0 Å². The van der Waals surface area contributed by atoms with Crippen LogP contribution in [0.1, 0.15) is 61.0 Å². The van der Waals surface area contributed by atoms with E-state index in [9.17, 15) is 4.79 Å². The molecule has 0 aliphatic rings. The molecule has 0 bridgehead atoms. The fourth-order valence-electron chi connectivity index (χ4n) is 3.51. The normalized spacial score (nSPS) is 13.0. The van der Waals surface area contributed by atoms with Crippen molar-refractivity contribution < 1.29 is 32.8 Å². The number of nitrogens with zero attached hydrogens (tertiary/aromatic N) is 2. The smallest absolute Gasteiger partial charge is 0.492 e. The van der Waals surface area contributed by atoms with E-state index in [2.05, 4.69) is 84.2 Å². The van der Waals surface area contributed by atoms with Gasteiger partial charge in [-0.05, 0) is 49.5 Å². The Morgan fingerprint density at radius 3 is 2.06 bits per heavy atom. The molecule has 0 saturated heterocycles. The van der Waals surface area contributed by atoms with E-state index in [0.29, 0.717) is 25.4 Å². The zero-order chi connectivity index (χ0) is 26.1. The van der Waals surface area contributed by atoms with Crippen LogP contribution in [0.15, 0.2) is 18.2 Å². The van der Waals surface area contributed by atoms with Crippen molar-refractivity contribution in [3.63, 3.8) is 0 Å². The van der Waals surface area contributed by atoms with Crippen LogP contribution < -0.4 is 23.6 Å². The molecule has 1 heterocycles. The molecule has 1 amide bonds. The molecule has 0 fully saturated rings. The summed E-state index contributed by atoms with van der Waals surface area (Å²) in [5.74, 6) is 0.581. The quantitative estimate of drug-likeness (QED) is 0.382. The monoisotopic (exact) mass is 510 g/mol. The predicted octanol–water partition coefficient (Wildman–Crippen LogP) is 4.70. The predicted molar refractivity (Wildman–Crippen MR) is 149 cm³/mol. The van der Waals surface area contributed by atoms with E-state index in [0.717, 1.165) is 22.9 Å². The largest absolute Gasteiger partial charge is 1.00 e. The number of benzene rings is 1. The SMILES string of the molecule is CCN(CC)C(=O)Oc1ccc2c(c1)c(CCO[Si](C)(C)C(C)(C)C)[c-]n2[Si](C)(C)C(C)(C)C.[Li+]. The maximum Gasteiger partial charge on any atom is 1.00 e. The summed E-state index contributed by atoms with van der Waals surface area (Å²) >= 11 is 0. The molecule has 192 valence electrons. The topological polar surface area (TPSA) is 43.7 Å². The van der Waals surface area contributed by atoms with Crippen molar-refractivity contribution in [3.05, 3.63) is 30.0 Å². The summed E-state index contributed by atoms with van der Waals surface area (Å²) in [7, 11) is -3.72. The first-order valence-corrected chi connectivity index (χ1v) is 18.5. The van der Waals surface area contributed by atoms with Crippen LogP contribution in [-0.4, -0.2) is 51.5 Å². The number of carbonyl (C=O) groups excluding carboxylic acids is 1. The first-order chi connectivity index (χ1) is 15.5. The fourth-order valence-corrected chi connectivity index (χ4v) is 6.44. The van der Waals surface area contributed by atoms with Gasteiger partial charge in [0.1, 0.15) is 14.0 Å². The van der Waals surface area contributed by atoms with Crippen LogP contribution >= 0.6 is 0 Å². The molecule has 1 aromatic heterocycles. The van der Waals surface area contributed by atoms with Gasteiger partial charge in [-0.25, -0.2) is 4.79 Å². The van der Waals surface area contributed by atoms with Gasteiger partial charge >= 0.3 is 25.0 Å². The van der Waals surface area contributed by atoms with E-state index in [4.69, 9.17) is 9.16 Å². The third kappa shape index (κ3) is 7.07. The van der Waals surface area contributed by atoms with Crippen molar-refractivity contribution in [2.24, 2.45) is 0 Å². The Morgan fingerprint density at radius 2 is 1.57 bits per heavy atom. The molecule has 0 aliphatic carbocycles. The molecular formula is C27H47LiN2O3Si2. The molecule has 0 spiro atoms. The summed E-state index contributed by atoms with van der Waals surface area (Å²) in [6.07, 6.45) is 4.23. The molecule has 0 unspecified atom stereocenters. The van der Waals surface area contributed by atoms with Gasteiger partial charge in [-0.3, -0.25) is 0 Å². The average Bonchev–Trinajstić information content (AvgIpc) is 3.05. The molecule has 35 heavy (non-hydrogen) atoms. The number of hydrogen-bond acceptors (Lipinski definition) is 3. The number of fused-ring (bicyclic) bond motifs is 1. The van der Waals surface area contributed by atoms with Gasteiger partial charge < -0.3 is 18.3 Å². The molecule has 1 aromatic carbocycles. The Hall–Kier alpha value is -0.979. The zero-order valence-corrected chi connectivity index (χ0v) is 26.7. The van der Waals surface area contributed by atoms with Crippen molar-refractivity contribution >= 4 is 33.5 Å². The van der Waals surface area contributed by atoms with Crippen LogP contribution in [0.2, 0.25) is 36.3 Å². The Bertz CT molecular complexity index is 1000. The summed E-state index contributed by atoms with van der Waals surface area (Å²) in [4.78, 5) is 14.2. The van der Waals surface area contributed by atoms with E-state index in [1.807, 2.05) is 26.0 Å². The van der Waals surface area contributed by atoms with Gasteiger partial charge in [-0.1, -0.05) is 60.7 Å². The Labute approximate surface area is 228 Å². The van der Waals surface area contributed by atoms with Crippen LogP contribution in [0.3, 0.4) is 0 Å². The second kappa shape index (κ2) is 11.6. The van der Waals surface area contributed by atoms with Crippen LogP contribution in [0.4, 0.5) is 4.79 Å². The summed E-state index contributed by atoms with van der Waals surface area (Å²) in [6.45, 7) is 29.0. The first-order valence-electron chi connectivity index (χ1n) is 12.6. The Morgan fingerprint density at radius 1 is 1.00 bits per heavy atom. The summed E-state index contributed by atoms with van der Waals surface area (Å²) in [6, 6.07) is 6.02. The number of aromatic nitrogens is 1. The molecule has 0 atom stereocenters. The summed E-state index contributed by atoms with van der Waals surface area (Å²) in [5, 5.41) is 1.45. The Kier molecular flexibility index (Phi) is 10.6. The van der Waals surface area contributed by atoms with Crippen LogP contribution in [0.25, 0.3) is 10.9 Å². The van der Waals surface area contributed by atoms with Gasteiger partial charge in [0, 0.05) is 19.7 Å². The van der Waals surface area contributed by atoms with Crippen LogP contribution in [0, 0.1) is 6.20 Å². The second-order valence-corrected chi connectivity index (χ2v) is 22.2. The second-order valence-electron chi connectivity index (χ2n) is 12.3. The maximum atomic E-state index is 12.6. The van der Waals surface area contributed by atoms with Crippen molar-refractivity contribution in [1.82, 2.24) is 9.13 Å². The number of amides is 1. The number of carbonyl (C=O) groups is 1. The van der Waals surface area contributed by atoms with Crippen molar-refractivity contribution in [2.75, 3.05) is 19.7 Å². The molecule has 0 aliphatic heterocycles. The van der Waals surface area contributed by atoms with Crippen LogP contribution in [-0.2, 0) is 10.8 Å². The molecule has 8 heteroatoms.